The van der Waals surface area contributed by atoms with Crippen LogP contribution in [-0.2, 0) is 6.18 Å². The Morgan fingerprint density at radius 3 is 2.71 bits per heavy atom. The molecule has 0 saturated heterocycles. The summed E-state index contributed by atoms with van der Waals surface area (Å²) in [5.41, 5.74) is -1.90. The fraction of sp³-hybridized carbons (Fsp3) is 0.0833. The molecule has 0 aliphatic heterocycles. The van der Waals surface area contributed by atoms with Crippen molar-refractivity contribution in [1.29, 1.82) is 0 Å². The summed E-state index contributed by atoms with van der Waals surface area (Å²) in [5.74, 6) is -1.79. The third-order valence-electron chi connectivity index (χ3n) is 2.90. The van der Waals surface area contributed by atoms with E-state index in [2.05, 4.69) is 10.1 Å². The Morgan fingerprint density at radius 2 is 2.05 bits per heavy atom. The minimum Gasteiger partial charge on any atom is -0.478 e. The van der Waals surface area contributed by atoms with E-state index in [-0.39, 0.29) is 5.82 Å². The number of fused-ring (bicyclic) bond motifs is 1. The van der Waals surface area contributed by atoms with Gasteiger partial charge in [-0.2, -0.15) is 18.3 Å². The predicted octanol–water partition coefficient (Wildman–Crippen LogP) is 2.24. The standard InChI is InChI=1S/C12H7F3N4O2/c13-12(14,15)9-7(11(20)21)6-17-19(9)10-8-2-1-4-18(8)5-3-16-10/h1-6H,(H,20,21). The molecular weight excluding hydrogens is 289 g/mol. The zero-order chi connectivity index (χ0) is 15.2. The molecule has 108 valence electrons. The van der Waals surface area contributed by atoms with Crippen LogP contribution < -0.4 is 0 Å². The second-order valence-electron chi connectivity index (χ2n) is 4.17. The third kappa shape index (κ3) is 2.02. The van der Waals surface area contributed by atoms with Crippen molar-refractivity contribution in [3.63, 3.8) is 0 Å². The van der Waals surface area contributed by atoms with Crippen LogP contribution in [0.25, 0.3) is 11.3 Å². The quantitative estimate of drug-likeness (QED) is 0.787. The van der Waals surface area contributed by atoms with E-state index in [1.807, 2.05) is 0 Å². The van der Waals surface area contributed by atoms with Crippen molar-refractivity contribution < 1.29 is 23.1 Å². The van der Waals surface area contributed by atoms with Gasteiger partial charge in [0.15, 0.2) is 11.5 Å². The van der Waals surface area contributed by atoms with Crippen molar-refractivity contribution in [1.82, 2.24) is 19.2 Å². The van der Waals surface area contributed by atoms with Crippen LogP contribution in [0.3, 0.4) is 0 Å². The first-order valence-corrected chi connectivity index (χ1v) is 5.70. The highest BCUT2D eigenvalue weighted by Crippen LogP contribution is 2.33. The number of halogens is 3. The van der Waals surface area contributed by atoms with E-state index in [0.29, 0.717) is 16.4 Å². The Kier molecular flexibility index (Phi) is 2.71. The van der Waals surface area contributed by atoms with Crippen LogP contribution in [0.4, 0.5) is 13.2 Å². The zero-order valence-electron chi connectivity index (χ0n) is 10.2. The number of aromatic nitrogens is 4. The van der Waals surface area contributed by atoms with Gasteiger partial charge in [0, 0.05) is 18.6 Å². The maximum atomic E-state index is 13.2. The van der Waals surface area contributed by atoms with Crippen LogP contribution in [0.15, 0.2) is 36.9 Å². The lowest BCUT2D eigenvalue weighted by molar-refractivity contribution is -0.143. The van der Waals surface area contributed by atoms with Crippen molar-refractivity contribution in [2.75, 3.05) is 0 Å². The Morgan fingerprint density at radius 1 is 1.29 bits per heavy atom. The van der Waals surface area contributed by atoms with Crippen LogP contribution in [0.1, 0.15) is 16.1 Å². The van der Waals surface area contributed by atoms with E-state index in [1.54, 1.807) is 28.9 Å². The number of nitrogens with zero attached hydrogens (tertiary/aromatic N) is 4. The van der Waals surface area contributed by atoms with E-state index in [1.165, 1.54) is 6.20 Å². The molecule has 6 nitrogen and oxygen atoms in total. The van der Waals surface area contributed by atoms with Gasteiger partial charge in [-0.1, -0.05) is 0 Å². The predicted molar refractivity (Wildman–Crippen MR) is 64.3 cm³/mol. The van der Waals surface area contributed by atoms with E-state index in [9.17, 15) is 18.0 Å². The lowest BCUT2D eigenvalue weighted by atomic mass is 10.2. The fourth-order valence-electron chi connectivity index (χ4n) is 2.06. The maximum Gasteiger partial charge on any atom is 0.434 e. The first-order valence-electron chi connectivity index (χ1n) is 5.70. The number of alkyl halides is 3. The number of aromatic carboxylic acids is 1. The lowest BCUT2D eigenvalue weighted by Gasteiger charge is -2.11. The highest BCUT2D eigenvalue weighted by Gasteiger charge is 2.41. The van der Waals surface area contributed by atoms with Crippen LogP contribution in [-0.4, -0.2) is 30.2 Å². The monoisotopic (exact) mass is 296 g/mol. The molecule has 1 N–H and O–H groups in total. The minimum absolute atomic E-state index is 0.0951. The number of carboxylic acids is 1. The Balaban J connectivity index is 2.33. The average molecular weight is 296 g/mol. The first kappa shape index (κ1) is 13.2. The van der Waals surface area contributed by atoms with Crippen molar-refractivity contribution in [2.45, 2.75) is 6.18 Å². The molecule has 3 rings (SSSR count). The van der Waals surface area contributed by atoms with Crippen LogP contribution in [0.2, 0.25) is 0 Å². The molecule has 0 radical (unpaired) electrons. The van der Waals surface area contributed by atoms with Gasteiger partial charge in [0.1, 0.15) is 5.56 Å². The van der Waals surface area contributed by atoms with Crippen molar-refractivity contribution in [3.8, 4) is 5.82 Å². The molecule has 0 bridgehead atoms. The highest BCUT2D eigenvalue weighted by atomic mass is 19.4. The number of carbonyl (C=O) groups is 1. The lowest BCUT2D eigenvalue weighted by Crippen LogP contribution is -2.18. The average Bonchev–Trinajstić information content (AvgIpc) is 3.04. The normalized spacial score (nSPS) is 12.0. The molecule has 0 spiro atoms. The Hall–Kier alpha value is -2.84. The van der Waals surface area contributed by atoms with E-state index in [4.69, 9.17) is 5.11 Å². The molecule has 21 heavy (non-hydrogen) atoms. The van der Waals surface area contributed by atoms with Crippen LogP contribution in [0.5, 0.6) is 0 Å². The second-order valence-corrected chi connectivity index (χ2v) is 4.17. The molecular formula is C12H7F3N4O2. The van der Waals surface area contributed by atoms with Crippen LogP contribution in [0, 0.1) is 0 Å². The van der Waals surface area contributed by atoms with Gasteiger partial charge in [-0.15, -0.1) is 0 Å². The third-order valence-corrected chi connectivity index (χ3v) is 2.90. The fourth-order valence-corrected chi connectivity index (χ4v) is 2.06. The molecule has 0 amide bonds. The molecule has 0 aliphatic rings. The van der Waals surface area contributed by atoms with Gasteiger partial charge in [0.05, 0.1) is 11.7 Å². The van der Waals surface area contributed by atoms with Gasteiger partial charge in [0.2, 0.25) is 0 Å². The molecule has 0 unspecified atom stereocenters. The molecule has 3 heterocycles. The summed E-state index contributed by atoms with van der Waals surface area (Å²) in [6, 6.07) is 3.19. The summed E-state index contributed by atoms with van der Waals surface area (Å²) < 4.78 is 41.5. The van der Waals surface area contributed by atoms with Crippen LogP contribution >= 0.6 is 0 Å². The minimum atomic E-state index is -4.87. The van der Waals surface area contributed by atoms with Gasteiger partial charge in [-0.3, -0.25) is 0 Å². The first-order chi connectivity index (χ1) is 9.89. The van der Waals surface area contributed by atoms with Crippen molar-refractivity contribution in [2.24, 2.45) is 0 Å². The molecule has 0 saturated carbocycles. The Bertz CT molecular complexity index is 835. The Labute approximate surface area is 115 Å². The van der Waals surface area contributed by atoms with Gasteiger partial charge in [-0.05, 0) is 12.1 Å². The molecule has 3 aromatic heterocycles. The topological polar surface area (TPSA) is 72.4 Å². The zero-order valence-corrected chi connectivity index (χ0v) is 10.2. The van der Waals surface area contributed by atoms with E-state index >= 15 is 0 Å². The summed E-state index contributed by atoms with van der Waals surface area (Å²) in [6.45, 7) is 0. The maximum absolute atomic E-state index is 13.2. The SMILES string of the molecule is O=C(O)c1cnn(-c2nccn3cccc23)c1C(F)(F)F. The molecule has 9 heteroatoms. The largest absolute Gasteiger partial charge is 0.478 e. The number of carboxylic acid groups (broad SMARTS) is 1. The molecule has 3 aromatic rings. The summed E-state index contributed by atoms with van der Waals surface area (Å²) in [7, 11) is 0. The number of hydrogen-bond acceptors (Lipinski definition) is 3. The summed E-state index contributed by atoms with van der Waals surface area (Å²) in [5, 5.41) is 12.4. The van der Waals surface area contributed by atoms with E-state index < -0.39 is 23.4 Å². The van der Waals surface area contributed by atoms with Crippen molar-refractivity contribution >= 4 is 11.5 Å². The summed E-state index contributed by atoms with van der Waals surface area (Å²) in [4.78, 5) is 14.8. The molecule has 0 aromatic carbocycles. The molecule has 0 fully saturated rings. The summed E-state index contributed by atoms with van der Waals surface area (Å²) in [6.07, 6.45) is 0.304. The van der Waals surface area contributed by atoms with Gasteiger partial charge in [-0.25, -0.2) is 14.5 Å². The smallest absolute Gasteiger partial charge is 0.434 e. The van der Waals surface area contributed by atoms with Gasteiger partial charge >= 0.3 is 12.1 Å². The van der Waals surface area contributed by atoms with Gasteiger partial charge in [0.25, 0.3) is 0 Å². The van der Waals surface area contributed by atoms with Crippen molar-refractivity contribution in [3.05, 3.63) is 48.2 Å². The molecule has 0 atom stereocenters. The van der Waals surface area contributed by atoms with Gasteiger partial charge < -0.3 is 9.51 Å². The molecule has 0 aliphatic carbocycles. The number of hydrogen-bond donors (Lipinski definition) is 1. The van der Waals surface area contributed by atoms with E-state index in [0.717, 1.165) is 0 Å². The second kappa shape index (κ2) is 4.33. The number of rotatable bonds is 2. The highest BCUT2D eigenvalue weighted by molar-refractivity contribution is 5.89. The summed E-state index contributed by atoms with van der Waals surface area (Å²) >= 11 is 0.